The van der Waals surface area contributed by atoms with E-state index < -0.39 is 6.31 Å². The fraction of sp³-hybridized carbons (Fsp3) is 0.923. The van der Waals surface area contributed by atoms with E-state index >= 15 is 0 Å². The van der Waals surface area contributed by atoms with Gasteiger partial charge in [-0.3, -0.25) is 0 Å². The molecule has 1 spiro atoms. The zero-order chi connectivity index (χ0) is 12.0. The highest BCUT2D eigenvalue weighted by Crippen LogP contribution is 2.70. The molecule has 3 atom stereocenters. The van der Waals surface area contributed by atoms with Gasteiger partial charge in [-0.05, 0) is 31.8 Å². The van der Waals surface area contributed by atoms with Gasteiger partial charge in [-0.25, -0.2) is 0 Å². The van der Waals surface area contributed by atoms with Crippen LogP contribution in [0.25, 0.3) is 0 Å². The van der Waals surface area contributed by atoms with Gasteiger partial charge in [0.25, 0.3) is 0 Å². The zero-order valence-corrected chi connectivity index (χ0v) is 12.8. The van der Waals surface area contributed by atoms with Gasteiger partial charge in [-0.15, -0.1) is 11.4 Å². The molecule has 0 amide bonds. The lowest BCUT2D eigenvalue weighted by atomic mass is 9.75. The molecule has 0 bridgehead atoms. The Morgan fingerprint density at radius 2 is 2.12 bits per heavy atom. The van der Waals surface area contributed by atoms with Crippen molar-refractivity contribution in [3.63, 3.8) is 0 Å². The topological polar surface area (TPSA) is 9.23 Å². The van der Waals surface area contributed by atoms with Gasteiger partial charge in [0.05, 0.1) is 11.9 Å². The van der Waals surface area contributed by atoms with E-state index in [1.54, 1.807) is 0 Å². The first-order valence-corrected chi connectivity index (χ1v) is 10.1. The molecule has 1 nitrogen and oxygen atoms in total. The molecule has 1 aliphatic carbocycles. The Kier molecular flexibility index (Phi) is 3.32. The van der Waals surface area contributed by atoms with Crippen LogP contribution < -0.4 is 0 Å². The Bertz CT molecular complexity index is 326. The van der Waals surface area contributed by atoms with Crippen LogP contribution in [0.1, 0.15) is 52.9 Å². The maximum absolute atomic E-state index is 6.47. The summed E-state index contributed by atoms with van der Waals surface area (Å²) in [5.74, 6) is 0.827. The van der Waals surface area contributed by atoms with E-state index in [-0.39, 0.29) is 5.60 Å². The molecule has 94 valence electrons. The van der Waals surface area contributed by atoms with Crippen LogP contribution in [0.4, 0.5) is 0 Å². The third-order valence-corrected chi connectivity index (χ3v) is 8.29. The van der Waals surface area contributed by atoms with E-state index in [1.807, 2.05) is 11.4 Å². The van der Waals surface area contributed by atoms with Crippen LogP contribution in [0.5, 0.6) is 0 Å². The van der Waals surface area contributed by atoms with Crippen molar-refractivity contribution in [3.8, 4) is 0 Å². The predicted molar refractivity (Wildman–Crippen MR) is 77.7 cm³/mol. The zero-order valence-electron chi connectivity index (χ0n) is 11.1. The van der Waals surface area contributed by atoms with Gasteiger partial charge < -0.3 is 4.52 Å². The smallest absolute Gasteiger partial charge is 0.0750 e. The largest absolute Gasteiger partial charge is 0.346 e. The molecule has 1 saturated carbocycles. The van der Waals surface area contributed by atoms with Crippen molar-refractivity contribution >= 4 is 24.0 Å². The maximum atomic E-state index is 6.47. The van der Waals surface area contributed by atoms with Crippen LogP contribution in [0.3, 0.4) is 0 Å². The lowest BCUT2D eigenvalue weighted by Gasteiger charge is -2.52. The molecule has 0 aromatic carbocycles. The SMILES string of the molecule is C=P1(C)OC2(CCCC(C)C2)CC(C)(C)S1. The van der Waals surface area contributed by atoms with Crippen LogP contribution in [0.15, 0.2) is 0 Å². The summed E-state index contributed by atoms with van der Waals surface area (Å²) in [6.07, 6.45) is 9.33. The molecular formula is C13H25OPS. The third-order valence-electron chi connectivity index (χ3n) is 3.62. The van der Waals surface area contributed by atoms with Gasteiger partial charge in [-0.1, -0.05) is 39.9 Å². The van der Waals surface area contributed by atoms with E-state index in [4.69, 9.17) is 4.52 Å². The number of hydrogen-bond acceptors (Lipinski definition) is 2. The van der Waals surface area contributed by atoms with Gasteiger partial charge in [0.15, 0.2) is 0 Å². The van der Waals surface area contributed by atoms with E-state index in [0.717, 1.165) is 5.92 Å². The van der Waals surface area contributed by atoms with Crippen molar-refractivity contribution in [1.82, 2.24) is 0 Å². The fourth-order valence-corrected chi connectivity index (χ4v) is 10.0. The van der Waals surface area contributed by atoms with Gasteiger partial charge in [0, 0.05) is 4.75 Å². The summed E-state index contributed by atoms with van der Waals surface area (Å²) in [5.41, 5.74) is 0.163. The lowest BCUT2D eigenvalue weighted by Crippen LogP contribution is -2.44. The normalized spacial score (nSPS) is 48.1. The maximum Gasteiger partial charge on any atom is 0.0750 e. The van der Waals surface area contributed by atoms with Crippen LogP contribution in [-0.2, 0) is 4.52 Å². The van der Waals surface area contributed by atoms with Crippen molar-refractivity contribution in [2.45, 2.75) is 63.2 Å². The molecule has 3 heteroatoms. The Morgan fingerprint density at radius 1 is 1.44 bits per heavy atom. The van der Waals surface area contributed by atoms with Gasteiger partial charge in [0.1, 0.15) is 0 Å². The highest BCUT2D eigenvalue weighted by molar-refractivity contribution is 8.60. The van der Waals surface area contributed by atoms with Crippen LogP contribution in [0, 0.1) is 5.92 Å². The second kappa shape index (κ2) is 4.07. The minimum absolute atomic E-state index is 0.163. The quantitative estimate of drug-likeness (QED) is 0.580. The van der Waals surface area contributed by atoms with Gasteiger partial charge in [0.2, 0.25) is 0 Å². The first kappa shape index (κ1) is 13.1. The predicted octanol–water partition coefficient (Wildman–Crippen LogP) is 4.78. The molecule has 0 radical (unpaired) electrons. The third kappa shape index (κ3) is 2.89. The first-order chi connectivity index (χ1) is 7.22. The fourth-order valence-electron chi connectivity index (χ4n) is 3.65. The Balaban J connectivity index is 2.23. The minimum atomic E-state index is -1.45. The Morgan fingerprint density at radius 3 is 2.69 bits per heavy atom. The second-order valence-electron chi connectivity index (χ2n) is 6.52. The summed E-state index contributed by atoms with van der Waals surface area (Å²) >= 11 is 1.99. The summed E-state index contributed by atoms with van der Waals surface area (Å²) in [5, 5.41) is 0. The summed E-state index contributed by atoms with van der Waals surface area (Å²) < 4.78 is 6.82. The molecular weight excluding hydrogens is 235 g/mol. The van der Waals surface area contributed by atoms with Crippen LogP contribution in [0.2, 0.25) is 0 Å². The Labute approximate surface area is 105 Å². The molecule has 0 aromatic heterocycles. The highest BCUT2D eigenvalue weighted by Gasteiger charge is 2.47. The lowest BCUT2D eigenvalue weighted by molar-refractivity contribution is 0.00690. The van der Waals surface area contributed by atoms with E-state index in [1.165, 1.54) is 32.1 Å². The summed E-state index contributed by atoms with van der Waals surface area (Å²) in [7, 11) is 0. The molecule has 2 aliphatic rings. The average Bonchev–Trinajstić information content (AvgIpc) is 1.94. The minimum Gasteiger partial charge on any atom is -0.346 e. The van der Waals surface area contributed by atoms with E-state index in [9.17, 15) is 0 Å². The van der Waals surface area contributed by atoms with Crippen molar-refractivity contribution in [2.24, 2.45) is 5.92 Å². The van der Waals surface area contributed by atoms with Crippen LogP contribution in [-0.4, -0.2) is 23.3 Å². The van der Waals surface area contributed by atoms with Crippen molar-refractivity contribution in [3.05, 3.63) is 0 Å². The molecule has 0 aromatic rings. The summed E-state index contributed by atoms with van der Waals surface area (Å²) in [6, 6.07) is 0. The number of rotatable bonds is 0. The molecule has 2 rings (SSSR count). The standard InChI is InChI=1S/C13H25OPS/c1-11-7-6-8-13(9-11)10-12(2,3)16-15(4,5)14-13/h11H,4,6-10H2,1-3,5H3. The van der Waals surface area contributed by atoms with E-state index in [0.29, 0.717) is 4.75 Å². The first-order valence-electron chi connectivity index (χ1n) is 6.34. The van der Waals surface area contributed by atoms with Crippen molar-refractivity contribution in [2.75, 3.05) is 6.66 Å². The summed E-state index contributed by atoms with van der Waals surface area (Å²) in [4.78, 5) is 0. The molecule has 16 heavy (non-hydrogen) atoms. The van der Waals surface area contributed by atoms with Crippen molar-refractivity contribution < 1.29 is 4.52 Å². The molecule has 2 fully saturated rings. The van der Waals surface area contributed by atoms with Crippen molar-refractivity contribution in [1.29, 1.82) is 0 Å². The Hall–Kier alpha value is 0.610. The number of hydrogen-bond donors (Lipinski definition) is 0. The molecule has 3 unspecified atom stereocenters. The molecule has 0 N–H and O–H groups in total. The molecule has 1 aliphatic heterocycles. The second-order valence-corrected chi connectivity index (χ2v) is 12.9. The monoisotopic (exact) mass is 260 g/mol. The average molecular weight is 260 g/mol. The highest BCUT2D eigenvalue weighted by atomic mass is 32.7. The van der Waals surface area contributed by atoms with Gasteiger partial charge >= 0.3 is 0 Å². The van der Waals surface area contributed by atoms with Gasteiger partial charge in [-0.2, -0.15) is 0 Å². The summed E-state index contributed by atoms with van der Waals surface area (Å²) in [6.45, 7) is 9.34. The molecule has 1 saturated heterocycles. The van der Waals surface area contributed by atoms with Crippen LogP contribution >= 0.6 is 17.7 Å². The van der Waals surface area contributed by atoms with E-state index in [2.05, 4.69) is 33.7 Å². The molecule has 1 heterocycles.